The number of nitrogens with zero attached hydrogens (tertiary/aromatic N) is 1. The first-order valence-corrected chi connectivity index (χ1v) is 9.08. The molecule has 11 heteroatoms. The van der Waals surface area contributed by atoms with Gasteiger partial charge in [-0.3, -0.25) is 14.3 Å². The van der Waals surface area contributed by atoms with E-state index < -0.39 is 50.8 Å². The van der Waals surface area contributed by atoms with Crippen molar-refractivity contribution < 1.29 is 27.1 Å². The Labute approximate surface area is 158 Å². The smallest absolute Gasteiger partial charge is 0.317 e. The van der Waals surface area contributed by atoms with Gasteiger partial charge in [-0.15, -0.1) is 10.9 Å². The van der Waals surface area contributed by atoms with Crippen molar-refractivity contribution in [1.82, 2.24) is 9.55 Å². The first-order chi connectivity index (χ1) is 13.3. The molecule has 146 valence electrons. The van der Waals surface area contributed by atoms with Gasteiger partial charge in [0.25, 0.3) is 11.4 Å². The third-order valence-corrected chi connectivity index (χ3v) is 4.63. The molecular weight excluding hydrogens is 397 g/mol. The molecule has 4 atom stereocenters. The Morgan fingerprint density at radius 2 is 2.11 bits per heavy atom. The number of nitrogens with one attached hydrogen (secondary N) is 1. The number of hydrogen-bond donors (Lipinski definition) is 1. The van der Waals surface area contributed by atoms with Gasteiger partial charge in [0.1, 0.15) is 11.8 Å². The molecule has 0 saturated carbocycles. The fourth-order valence-electron chi connectivity index (χ4n) is 2.53. The lowest BCUT2D eigenvalue weighted by atomic mass is 10.2. The summed E-state index contributed by atoms with van der Waals surface area (Å²) in [6, 6.07) is 7.98. The van der Waals surface area contributed by atoms with Gasteiger partial charge in [0.05, 0.1) is 0 Å². The van der Waals surface area contributed by atoms with Gasteiger partial charge in [-0.05, 0) is 12.1 Å². The van der Waals surface area contributed by atoms with Crippen molar-refractivity contribution in [2.75, 3.05) is 6.61 Å². The van der Waals surface area contributed by atoms with Crippen LogP contribution in [0.2, 0.25) is 0 Å². The highest BCUT2D eigenvalue weighted by atomic mass is 31.1. The van der Waals surface area contributed by atoms with E-state index in [-0.39, 0.29) is 11.3 Å². The van der Waals surface area contributed by atoms with Crippen molar-refractivity contribution in [1.29, 1.82) is 0 Å². The van der Waals surface area contributed by atoms with E-state index in [9.17, 15) is 22.9 Å². The number of rotatable bonds is 6. The van der Waals surface area contributed by atoms with Crippen molar-refractivity contribution in [3.8, 4) is 18.1 Å². The summed E-state index contributed by atoms with van der Waals surface area (Å²) in [6.45, 7) is -1.03. The molecular formula is C17H14F2N2O6P+. The zero-order chi connectivity index (χ0) is 20.3. The molecule has 1 fully saturated rings. The number of hydrogen-bond acceptors (Lipinski definition) is 6. The Morgan fingerprint density at radius 1 is 1.39 bits per heavy atom. The van der Waals surface area contributed by atoms with E-state index in [2.05, 4.69) is 5.92 Å². The van der Waals surface area contributed by atoms with Gasteiger partial charge in [-0.2, -0.15) is 0 Å². The van der Waals surface area contributed by atoms with Crippen molar-refractivity contribution >= 4 is 8.25 Å². The van der Waals surface area contributed by atoms with E-state index in [1.165, 1.54) is 12.1 Å². The van der Waals surface area contributed by atoms with E-state index in [4.69, 9.17) is 20.2 Å². The lowest BCUT2D eigenvalue weighted by Gasteiger charge is -2.19. The summed E-state index contributed by atoms with van der Waals surface area (Å²) in [6.07, 6.45) is 2.01. The summed E-state index contributed by atoms with van der Waals surface area (Å²) in [5, 5.41) is 0. The van der Waals surface area contributed by atoms with Crippen molar-refractivity contribution in [3.05, 3.63) is 62.9 Å². The SMILES string of the molecule is C#Cc1cn([C@H]2C[C@H](F)[C@@](F)(CO[P+](=O)Oc3ccccc3)O2)c(=O)[nH]c1=O. The molecule has 0 bridgehead atoms. The number of halogens is 2. The van der Waals surface area contributed by atoms with Crippen molar-refractivity contribution in [3.63, 3.8) is 0 Å². The van der Waals surface area contributed by atoms with Crippen molar-refractivity contribution in [2.45, 2.75) is 24.7 Å². The second kappa shape index (κ2) is 8.02. The molecule has 1 N–H and O–H groups in total. The van der Waals surface area contributed by atoms with Crippen LogP contribution in [0.1, 0.15) is 18.2 Å². The van der Waals surface area contributed by atoms with E-state index in [1.807, 2.05) is 4.98 Å². The first kappa shape index (κ1) is 19.9. The first-order valence-electron chi connectivity index (χ1n) is 7.98. The molecule has 2 aromatic rings. The third kappa shape index (κ3) is 4.17. The quantitative estimate of drug-likeness (QED) is 0.578. The van der Waals surface area contributed by atoms with Gasteiger partial charge in [0, 0.05) is 17.2 Å². The lowest BCUT2D eigenvalue weighted by molar-refractivity contribution is -0.191. The highest BCUT2D eigenvalue weighted by molar-refractivity contribution is 7.33. The number of para-hydroxylation sites is 1. The summed E-state index contributed by atoms with van der Waals surface area (Å²) in [7, 11) is -2.79. The molecule has 1 aromatic heterocycles. The minimum Gasteiger partial charge on any atom is -0.317 e. The summed E-state index contributed by atoms with van der Waals surface area (Å²) in [4.78, 5) is 25.3. The minimum atomic E-state index is -2.97. The number of alkyl halides is 2. The van der Waals surface area contributed by atoms with E-state index in [1.54, 1.807) is 18.2 Å². The van der Waals surface area contributed by atoms with E-state index in [0.717, 1.165) is 10.8 Å². The average molecular weight is 411 g/mol. The molecule has 8 nitrogen and oxygen atoms in total. The average Bonchev–Trinajstić information content (AvgIpc) is 2.96. The van der Waals surface area contributed by atoms with Crippen LogP contribution in [0.15, 0.2) is 46.1 Å². The highest BCUT2D eigenvalue weighted by Crippen LogP contribution is 2.41. The number of H-pyrrole nitrogens is 1. The summed E-state index contributed by atoms with van der Waals surface area (Å²) >= 11 is 0. The Bertz CT molecular complexity index is 1030. The van der Waals surface area contributed by atoms with Crippen LogP contribution < -0.4 is 15.8 Å². The predicted octanol–water partition coefficient (Wildman–Crippen LogP) is 2.19. The number of terminal acetylenes is 1. The number of ether oxygens (including phenoxy) is 1. The second-order valence-electron chi connectivity index (χ2n) is 5.82. The Balaban J connectivity index is 1.69. The fourth-order valence-corrected chi connectivity index (χ4v) is 3.16. The Hall–Kier alpha value is -2.86. The van der Waals surface area contributed by atoms with Crippen LogP contribution in [-0.2, 0) is 13.8 Å². The summed E-state index contributed by atoms with van der Waals surface area (Å²) < 4.78 is 56.3. The highest BCUT2D eigenvalue weighted by Gasteiger charge is 2.53. The maximum absolute atomic E-state index is 14.8. The molecule has 1 saturated heterocycles. The number of aromatic amines is 1. The largest absolute Gasteiger partial charge is 0.750 e. The lowest BCUT2D eigenvalue weighted by Crippen LogP contribution is -2.37. The molecule has 0 radical (unpaired) electrons. The van der Waals surface area contributed by atoms with Gasteiger partial charge in [0.15, 0.2) is 18.5 Å². The van der Waals surface area contributed by atoms with Crippen LogP contribution in [0.25, 0.3) is 0 Å². The number of benzene rings is 1. The molecule has 1 aliphatic heterocycles. The molecule has 2 heterocycles. The minimum absolute atomic E-state index is 0.203. The van der Waals surface area contributed by atoms with Crippen LogP contribution in [0, 0.1) is 12.3 Å². The van der Waals surface area contributed by atoms with Crippen LogP contribution in [0.5, 0.6) is 5.75 Å². The summed E-state index contributed by atoms with van der Waals surface area (Å²) in [5.41, 5.74) is -1.95. The van der Waals surface area contributed by atoms with Gasteiger partial charge in [0.2, 0.25) is 0 Å². The van der Waals surface area contributed by atoms with Crippen molar-refractivity contribution in [2.24, 2.45) is 0 Å². The van der Waals surface area contributed by atoms with Gasteiger partial charge in [-0.1, -0.05) is 24.1 Å². The molecule has 1 unspecified atom stereocenters. The standard InChI is InChI=1S/C17H13F2N2O6P/c1-2-11-9-21(16(23)20-15(11)22)14-8-13(18)17(19,26-14)10-25-28(24)27-12-6-4-3-5-7-12/h1,3-7,9,13-14H,8,10H2/p+1/t13-,14+,17+/m0/s1. The molecule has 3 rings (SSSR count). The Kier molecular flexibility index (Phi) is 5.70. The molecule has 0 amide bonds. The van der Waals surface area contributed by atoms with E-state index in [0.29, 0.717) is 0 Å². The maximum atomic E-state index is 14.8. The monoisotopic (exact) mass is 411 g/mol. The third-order valence-electron chi connectivity index (χ3n) is 3.93. The normalized spacial score (nSPS) is 24.5. The van der Waals surface area contributed by atoms with Gasteiger partial charge in [-0.25, -0.2) is 18.1 Å². The van der Waals surface area contributed by atoms with Crippen LogP contribution in [0.4, 0.5) is 8.78 Å². The topological polar surface area (TPSA) is 99.6 Å². The van der Waals surface area contributed by atoms with Crippen LogP contribution >= 0.6 is 8.25 Å². The predicted molar refractivity (Wildman–Crippen MR) is 93.4 cm³/mol. The fraction of sp³-hybridized carbons (Fsp3) is 0.294. The summed E-state index contributed by atoms with van der Waals surface area (Å²) in [5.74, 6) is -0.693. The zero-order valence-corrected chi connectivity index (χ0v) is 15.1. The van der Waals surface area contributed by atoms with Gasteiger partial charge < -0.3 is 4.74 Å². The maximum Gasteiger partial charge on any atom is 0.750 e. The zero-order valence-electron chi connectivity index (χ0n) is 14.2. The second-order valence-corrected chi connectivity index (χ2v) is 6.70. The van der Waals surface area contributed by atoms with Gasteiger partial charge >= 0.3 is 13.9 Å². The molecule has 28 heavy (non-hydrogen) atoms. The molecule has 0 spiro atoms. The van der Waals surface area contributed by atoms with Crippen LogP contribution in [0.3, 0.4) is 0 Å². The molecule has 1 aliphatic rings. The number of aromatic nitrogens is 2. The molecule has 0 aliphatic carbocycles. The van der Waals surface area contributed by atoms with E-state index >= 15 is 0 Å². The Morgan fingerprint density at radius 3 is 2.79 bits per heavy atom. The van der Waals surface area contributed by atoms with Crippen LogP contribution in [-0.4, -0.2) is 28.2 Å². The molecule has 1 aromatic carbocycles.